The second-order valence-electron chi connectivity index (χ2n) is 7.25. The highest BCUT2D eigenvalue weighted by Gasteiger charge is 2.04. The molecule has 0 saturated carbocycles. The van der Waals surface area contributed by atoms with Crippen LogP contribution in [0.1, 0.15) is 18.9 Å². The minimum Gasteiger partial charge on any atom is -0.494 e. The van der Waals surface area contributed by atoms with Gasteiger partial charge in [0.25, 0.3) is 0 Å². The summed E-state index contributed by atoms with van der Waals surface area (Å²) in [7, 11) is 0. The molecule has 2 nitrogen and oxygen atoms in total. The molecule has 0 aliphatic heterocycles. The summed E-state index contributed by atoms with van der Waals surface area (Å²) in [6.07, 6.45) is 2.96. The summed E-state index contributed by atoms with van der Waals surface area (Å²) in [5, 5.41) is 0. The summed E-state index contributed by atoms with van der Waals surface area (Å²) < 4.78 is 5.66. The van der Waals surface area contributed by atoms with E-state index in [0.29, 0.717) is 0 Å². The first-order valence-corrected chi connectivity index (χ1v) is 10.1. The van der Waals surface area contributed by atoms with Crippen molar-refractivity contribution in [2.75, 3.05) is 6.61 Å². The molecule has 0 aliphatic carbocycles. The Morgan fingerprint density at radius 3 is 1.72 bits per heavy atom. The molecular formula is C27H25NO. The van der Waals surface area contributed by atoms with E-state index in [-0.39, 0.29) is 0 Å². The Kier molecular flexibility index (Phi) is 5.71. The highest BCUT2D eigenvalue weighted by molar-refractivity contribution is 5.71. The van der Waals surface area contributed by atoms with Crippen LogP contribution in [-0.2, 0) is 0 Å². The van der Waals surface area contributed by atoms with Gasteiger partial charge in [0.2, 0.25) is 0 Å². The smallest absolute Gasteiger partial charge is 0.119 e. The van der Waals surface area contributed by atoms with Crippen molar-refractivity contribution in [3.05, 3.63) is 96.7 Å². The number of benzene rings is 3. The monoisotopic (exact) mass is 379 g/mol. The number of hydrogen-bond donors (Lipinski definition) is 0. The van der Waals surface area contributed by atoms with Crippen molar-refractivity contribution in [2.45, 2.75) is 20.3 Å². The van der Waals surface area contributed by atoms with E-state index in [9.17, 15) is 0 Å². The number of pyridine rings is 1. The maximum atomic E-state index is 5.66. The van der Waals surface area contributed by atoms with Crippen LogP contribution in [0.25, 0.3) is 33.5 Å². The van der Waals surface area contributed by atoms with Gasteiger partial charge in [-0.05, 0) is 48.2 Å². The summed E-state index contributed by atoms with van der Waals surface area (Å²) in [6.45, 7) is 4.97. The van der Waals surface area contributed by atoms with Gasteiger partial charge in [0.05, 0.1) is 12.3 Å². The zero-order chi connectivity index (χ0) is 20.1. The third kappa shape index (κ3) is 4.55. The van der Waals surface area contributed by atoms with Gasteiger partial charge >= 0.3 is 0 Å². The van der Waals surface area contributed by atoms with Crippen LogP contribution >= 0.6 is 0 Å². The molecule has 0 unspecified atom stereocenters. The van der Waals surface area contributed by atoms with Crippen LogP contribution in [0.4, 0.5) is 0 Å². The molecule has 1 heterocycles. The Morgan fingerprint density at radius 2 is 1.14 bits per heavy atom. The third-order valence-corrected chi connectivity index (χ3v) is 4.99. The predicted octanol–water partition coefficient (Wildman–Crippen LogP) is 7.18. The van der Waals surface area contributed by atoms with E-state index in [1.807, 2.05) is 18.3 Å². The lowest BCUT2D eigenvalue weighted by atomic mass is 10.0. The van der Waals surface area contributed by atoms with Gasteiger partial charge in [0.15, 0.2) is 0 Å². The molecule has 0 saturated heterocycles. The van der Waals surface area contributed by atoms with Gasteiger partial charge in [0.1, 0.15) is 5.75 Å². The highest BCUT2D eigenvalue weighted by Crippen LogP contribution is 2.27. The number of ether oxygens (including phenoxy) is 1. The first kappa shape index (κ1) is 18.9. The van der Waals surface area contributed by atoms with Gasteiger partial charge in [-0.15, -0.1) is 0 Å². The van der Waals surface area contributed by atoms with Crippen molar-refractivity contribution in [2.24, 2.45) is 0 Å². The lowest BCUT2D eigenvalue weighted by molar-refractivity contribution is 0.317. The van der Waals surface area contributed by atoms with Crippen molar-refractivity contribution >= 4 is 0 Å². The largest absolute Gasteiger partial charge is 0.494 e. The molecule has 0 atom stereocenters. The molecule has 0 amide bonds. The van der Waals surface area contributed by atoms with Gasteiger partial charge in [0, 0.05) is 17.3 Å². The van der Waals surface area contributed by atoms with Gasteiger partial charge < -0.3 is 4.74 Å². The van der Waals surface area contributed by atoms with Crippen LogP contribution in [0.2, 0.25) is 0 Å². The molecule has 4 rings (SSSR count). The molecule has 0 aliphatic rings. The third-order valence-electron chi connectivity index (χ3n) is 4.99. The molecule has 29 heavy (non-hydrogen) atoms. The molecular weight excluding hydrogens is 354 g/mol. The van der Waals surface area contributed by atoms with E-state index in [2.05, 4.69) is 91.6 Å². The minimum atomic E-state index is 0.754. The number of aryl methyl sites for hydroxylation is 1. The minimum absolute atomic E-state index is 0.754. The summed E-state index contributed by atoms with van der Waals surface area (Å²) in [4.78, 5) is 4.67. The van der Waals surface area contributed by atoms with Gasteiger partial charge in [-0.1, -0.05) is 79.2 Å². The number of aromatic nitrogens is 1. The Hall–Kier alpha value is -3.39. The fourth-order valence-electron chi connectivity index (χ4n) is 3.28. The lowest BCUT2D eigenvalue weighted by Gasteiger charge is -2.08. The van der Waals surface area contributed by atoms with Crippen molar-refractivity contribution < 1.29 is 4.74 Å². The van der Waals surface area contributed by atoms with Crippen molar-refractivity contribution in [3.63, 3.8) is 0 Å². The summed E-state index contributed by atoms with van der Waals surface area (Å²) >= 11 is 0. The van der Waals surface area contributed by atoms with E-state index < -0.39 is 0 Å². The molecule has 0 fully saturated rings. The number of hydrogen-bond acceptors (Lipinski definition) is 2. The van der Waals surface area contributed by atoms with Crippen LogP contribution in [0.3, 0.4) is 0 Å². The van der Waals surface area contributed by atoms with Crippen molar-refractivity contribution in [1.29, 1.82) is 0 Å². The van der Waals surface area contributed by atoms with Gasteiger partial charge in [-0.25, -0.2) is 0 Å². The maximum Gasteiger partial charge on any atom is 0.119 e. The van der Waals surface area contributed by atoms with Gasteiger partial charge in [-0.3, -0.25) is 4.98 Å². The predicted molar refractivity (Wildman–Crippen MR) is 121 cm³/mol. The molecule has 0 bridgehead atoms. The summed E-state index contributed by atoms with van der Waals surface area (Å²) in [5.74, 6) is 0.921. The van der Waals surface area contributed by atoms with E-state index >= 15 is 0 Å². The molecule has 0 radical (unpaired) electrons. The fraction of sp³-hybridized carbons (Fsp3) is 0.148. The van der Waals surface area contributed by atoms with Crippen molar-refractivity contribution in [3.8, 4) is 39.3 Å². The first-order valence-electron chi connectivity index (χ1n) is 10.1. The quantitative estimate of drug-likeness (QED) is 0.354. The summed E-state index contributed by atoms with van der Waals surface area (Å²) in [6, 6.07) is 29.6. The van der Waals surface area contributed by atoms with E-state index in [1.54, 1.807) is 0 Å². The molecule has 4 aromatic rings. The standard InChI is InChI=1S/C27H25NO/c1-3-18-29-26-15-12-22(13-16-26)21-8-10-24(11-9-21)27-17-14-25(19-28-27)23-6-4-20(2)5-7-23/h4-17,19H,3,18H2,1-2H3. The molecule has 3 aromatic carbocycles. The highest BCUT2D eigenvalue weighted by atomic mass is 16.5. The summed E-state index contributed by atoms with van der Waals surface area (Å²) in [5.41, 5.74) is 8.06. The molecule has 0 spiro atoms. The van der Waals surface area contributed by atoms with Crippen LogP contribution in [0.5, 0.6) is 5.75 Å². The van der Waals surface area contributed by atoms with Crippen LogP contribution < -0.4 is 4.74 Å². The van der Waals surface area contributed by atoms with E-state index in [4.69, 9.17) is 4.74 Å². The fourth-order valence-corrected chi connectivity index (χ4v) is 3.28. The Balaban J connectivity index is 1.49. The van der Waals surface area contributed by atoms with E-state index in [1.165, 1.54) is 22.3 Å². The maximum absolute atomic E-state index is 5.66. The molecule has 1 aromatic heterocycles. The Labute approximate surface area is 172 Å². The van der Waals surface area contributed by atoms with Crippen LogP contribution in [0, 0.1) is 6.92 Å². The Morgan fingerprint density at radius 1 is 0.621 bits per heavy atom. The first-order chi connectivity index (χ1) is 14.2. The number of nitrogens with zero attached hydrogens (tertiary/aromatic N) is 1. The zero-order valence-corrected chi connectivity index (χ0v) is 16.9. The zero-order valence-electron chi connectivity index (χ0n) is 16.9. The lowest BCUT2D eigenvalue weighted by Crippen LogP contribution is -1.94. The van der Waals surface area contributed by atoms with Crippen LogP contribution in [-0.4, -0.2) is 11.6 Å². The van der Waals surface area contributed by atoms with Gasteiger partial charge in [-0.2, -0.15) is 0 Å². The molecule has 0 N–H and O–H groups in total. The average molecular weight is 380 g/mol. The second kappa shape index (κ2) is 8.74. The molecule has 2 heteroatoms. The van der Waals surface area contributed by atoms with Crippen molar-refractivity contribution in [1.82, 2.24) is 4.98 Å². The SMILES string of the molecule is CCCOc1ccc(-c2ccc(-c3ccc(-c4ccc(C)cc4)cn3)cc2)cc1. The topological polar surface area (TPSA) is 22.1 Å². The second-order valence-corrected chi connectivity index (χ2v) is 7.25. The normalized spacial score (nSPS) is 10.7. The Bertz CT molecular complexity index is 1050. The van der Waals surface area contributed by atoms with Crippen LogP contribution in [0.15, 0.2) is 91.1 Å². The average Bonchev–Trinajstić information content (AvgIpc) is 2.79. The number of rotatable bonds is 6. The van der Waals surface area contributed by atoms with E-state index in [0.717, 1.165) is 35.6 Å². The molecule has 144 valence electrons.